The molecule has 1 fully saturated rings. The Bertz CT molecular complexity index is 873. The highest BCUT2D eigenvalue weighted by Gasteiger charge is 2.24. The first-order valence-corrected chi connectivity index (χ1v) is 9.05. The predicted octanol–water partition coefficient (Wildman–Crippen LogP) is 4.16. The molecule has 0 saturated carbocycles. The van der Waals surface area contributed by atoms with Gasteiger partial charge in [0.25, 0.3) is 5.91 Å². The molecular weight excluding hydrogens is 348 g/mol. The van der Waals surface area contributed by atoms with Crippen LogP contribution in [-0.4, -0.2) is 25.3 Å². The Hall–Kier alpha value is -2.73. The van der Waals surface area contributed by atoms with Crippen LogP contribution in [0, 0.1) is 0 Å². The van der Waals surface area contributed by atoms with Gasteiger partial charge in [0.15, 0.2) is 5.17 Å². The molecule has 1 heterocycles. The van der Waals surface area contributed by atoms with Gasteiger partial charge in [0.2, 0.25) is 0 Å². The molecule has 6 heteroatoms. The Morgan fingerprint density at radius 2 is 1.88 bits per heavy atom. The van der Waals surface area contributed by atoms with Gasteiger partial charge in [0.1, 0.15) is 17.2 Å². The predicted molar refractivity (Wildman–Crippen MR) is 106 cm³/mol. The van der Waals surface area contributed by atoms with Crippen molar-refractivity contribution in [3.8, 4) is 11.5 Å². The molecule has 3 rings (SSSR count). The van der Waals surface area contributed by atoms with E-state index in [1.807, 2.05) is 18.2 Å². The summed E-state index contributed by atoms with van der Waals surface area (Å²) < 4.78 is 10.5. The van der Waals surface area contributed by atoms with E-state index in [-0.39, 0.29) is 5.91 Å². The maximum atomic E-state index is 12.2. The number of carbonyl (C=O) groups is 1. The van der Waals surface area contributed by atoms with Crippen molar-refractivity contribution in [1.82, 2.24) is 5.32 Å². The Morgan fingerprint density at radius 3 is 2.54 bits per heavy atom. The van der Waals surface area contributed by atoms with E-state index in [9.17, 15) is 4.79 Å². The monoisotopic (exact) mass is 368 g/mol. The second-order valence-corrected chi connectivity index (χ2v) is 6.65. The second kappa shape index (κ2) is 8.10. The first-order valence-electron chi connectivity index (χ1n) is 8.23. The number of nitrogens with zero attached hydrogens (tertiary/aromatic N) is 1. The van der Waals surface area contributed by atoms with Crippen molar-refractivity contribution in [2.24, 2.45) is 4.99 Å². The van der Waals surface area contributed by atoms with Gasteiger partial charge in [-0.15, -0.1) is 0 Å². The van der Waals surface area contributed by atoms with Gasteiger partial charge in [0, 0.05) is 6.07 Å². The molecule has 134 valence electrons. The zero-order valence-electron chi connectivity index (χ0n) is 14.9. The number of hydrogen-bond acceptors (Lipinski definition) is 5. The van der Waals surface area contributed by atoms with Crippen LogP contribution in [0.4, 0.5) is 5.69 Å². The van der Waals surface area contributed by atoms with E-state index >= 15 is 0 Å². The van der Waals surface area contributed by atoms with Crippen LogP contribution in [0.1, 0.15) is 18.1 Å². The fourth-order valence-electron chi connectivity index (χ4n) is 2.47. The van der Waals surface area contributed by atoms with Gasteiger partial charge < -0.3 is 14.8 Å². The van der Waals surface area contributed by atoms with Gasteiger partial charge in [-0.2, -0.15) is 0 Å². The van der Waals surface area contributed by atoms with Gasteiger partial charge in [0.05, 0.1) is 19.1 Å². The number of carbonyl (C=O) groups excluding carboxylic acids is 1. The molecule has 2 aromatic rings. The molecule has 0 radical (unpaired) electrons. The highest BCUT2D eigenvalue weighted by molar-refractivity contribution is 8.18. The van der Waals surface area contributed by atoms with Gasteiger partial charge in [-0.25, -0.2) is 4.99 Å². The largest absolute Gasteiger partial charge is 0.497 e. The molecular formula is C20H20N2O3S. The van der Waals surface area contributed by atoms with Gasteiger partial charge in [-0.05, 0) is 47.5 Å². The van der Waals surface area contributed by atoms with Gasteiger partial charge in [-0.1, -0.05) is 31.2 Å². The second-order valence-electron chi connectivity index (χ2n) is 5.61. The van der Waals surface area contributed by atoms with E-state index in [2.05, 4.69) is 29.4 Å². The SMILES string of the molecule is CCc1ccc(/C=C2\SC(=Nc3ccc(OC)cc3OC)NC2=O)cc1. The topological polar surface area (TPSA) is 59.9 Å². The molecule has 2 aromatic carbocycles. The third-order valence-corrected chi connectivity index (χ3v) is 4.86. The van der Waals surface area contributed by atoms with Crippen LogP contribution in [-0.2, 0) is 11.2 Å². The number of methoxy groups -OCH3 is 2. The summed E-state index contributed by atoms with van der Waals surface area (Å²) in [7, 11) is 3.17. The fraction of sp³-hybridized carbons (Fsp3) is 0.200. The lowest BCUT2D eigenvalue weighted by Crippen LogP contribution is -2.19. The van der Waals surface area contributed by atoms with E-state index in [1.54, 1.807) is 32.4 Å². The molecule has 0 spiro atoms. The quantitative estimate of drug-likeness (QED) is 0.805. The third-order valence-electron chi connectivity index (χ3n) is 3.95. The third kappa shape index (κ3) is 4.08. The number of aliphatic imine (C=N–C) groups is 1. The lowest BCUT2D eigenvalue weighted by molar-refractivity contribution is -0.115. The molecule has 1 N–H and O–H groups in total. The van der Waals surface area contributed by atoms with Crippen LogP contribution in [0.5, 0.6) is 11.5 Å². The molecule has 26 heavy (non-hydrogen) atoms. The number of benzene rings is 2. The summed E-state index contributed by atoms with van der Waals surface area (Å²) in [6.07, 6.45) is 2.86. The van der Waals surface area contributed by atoms with Crippen LogP contribution >= 0.6 is 11.8 Å². The molecule has 0 aromatic heterocycles. The summed E-state index contributed by atoms with van der Waals surface area (Å²) in [5.74, 6) is 1.12. The number of aryl methyl sites for hydroxylation is 1. The number of nitrogens with one attached hydrogen (secondary N) is 1. The molecule has 5 nitrogen and oxygen atoms in total. The first kappa shape index (κ1) is 18.1. The minimum absolute atomic E-state index is 0.152. The minimum Gasteiger partial charge on any atom is -0.497 e. The summed E-state index contributed by atoms with van der Waals surface area (Å²) >= 11 is 1.31. The summed E-state index contributed by atoms with van der Waals surface area (Å²) in [4.78, 5) is 17.3. The van der Waals surface area contributed by atoms with Crippen molar-refractivity contribution >= 4 is 34.6 Å². The van der Waals surface area contributed by atoms with Gasteiger partial charge in [-0.3, -0.25) is 4.79 Å². The van der Waals surface area contributed by atoms with Crippen LogP contribution < -0.4 is 14.8 Å². The summed E-state index contributed by atoms with van der Waals surface area (Å²) in [5.41, 5.74) is 2.89. The zero-order valence-corrected chi connectivity index (χ0v) is 15.7. The summed E-state index contributed by atoms with van der Waals surface area (Å²) in [6.45, 7) is 2.12. The molecule has 0 aliphatic carbocycles. The van der Waals surface area contributed by atoms with Crippen molar-refractivity contribution in [2.75, 3.05) is 14.2 Å². The fourth-order valence-corrected chi connectivity index (χ4v) is 3.30. The normalized spacial score (nSPS) is 16.8. The molecule has 1 aliphatic rings. The van der Waals surface area contributed by atoms with E-state index in [0.717, 1.165) is 12.0 Å². The summed E-state index contributed by atoms with van der Waals surface area (Å²) in [6, 6.07) is 13.5. The standard InChI is InChI=1S/C20H20N2O3S/c1-4-13-5-7-14(8-6-13)11-18-19(23)22-20(26-18)21-16-10-9-15(24-2)12-17(16)25-3/h5-12H,4H2,1-3H3,(H,21,22,23)/b18-11-. The maximum Gasteiger partial charge on any atom is 0.264 e. The number of thioether (sulfide) groups is 1. The maximum absolute atomic E-state index is 12.2. The Kier molecular flexibility index (Phi) is 5.63. The number of hydrogen-bond donors (Lipinski definition) is 1. The van der Waals surface area contributed by atoms with Crippen molar-refractivity contribution in [2.45, 2.75) is 13.3 Å². The van der Waals surface area contributed by atoms with Crippen LogP contribution in [0.2, 0.25) is 0 Å². The van der Waals surface area contributed by atoms with Crippen LogP contribution in [0.25, 0.3) is 6.08 Å². The molecule has 1 aliphatic heterocycles. The number of rotatable bonds is 5. The number of ether oxygens (including phenoxy) is 2. The molecule has 1 saturated heterocycles. The highest BCUT2D eigenvalue weighted by Crippen LogP contribution is 2.34. The summed E-state index contributed by atoms with van der Waals surface area (Å²) in [5, 5.41) is 3.32. The zero-order chi connectivity index (χ0) is 18.5. The molecule has 0 bridgehead atoms. The molecule has 1 amide bonds. The smallest absolute Gasteiger partial charge is 0.264 e. The number of amidine groups is 1. The minimum atomic E-state index is -0.152. The Labute approximate surface area is 157 Å². The average Bonchev–Trinajstić information content (AvgIpc) is 3.01. The van der Waals surface area contributed by atoms with Crippen molar-refractivity contribution in [1.29, 1.82) is 0 Å². The Balaban J connectivity index is 1.82. The van der Waals surface area contributed by atoms with E-state index in [1.165, 1.54) is 17.3 Å². The molecule has 0 unspecified atom stereocenters. The lowest BCUT2D eigenvalue weighted by atomic mass is 10.1. The van der Waals surface area contributed by atoms with E-state index in [0.29, 0.717) is 27.3 Å². The number of amides is 1. The van der Waals surface area contributed by atoms with E-state index < -0.39 is 0 Å². The van der Waals surface area contributed by atoms with Gasteiger partial charge >= 0.3 is 0 Å². The van der Waals surface area contributed by atoms with Crippen molar-refractivity contribution in [3.05, 3.63) is 58.5 Å². The Morgan fingerprint density at radius 1 is 1.12 bits per heavy atom. The highest BCUT2D eigenvalue weighted by atomic mass is 32.2. The van der Waals surface area contributed by atoms with Crippen LogP contribution in [0.3, 0.4) is 0 Å². The lowest BCUT2D eigenvalue weighted by Gasteiger charge is -2.07. The van der Waals surface area contributed by atoms with E-state index in [4.69, 9.17) is 9.47 Å². The average molecular weight is 368 g/mol. The van der Waals surface area contributed by atoms with Crippen LogP contribution in [0.15, 0.2) is 52.4 Å². The first-order chi connectivity index (χ1) is 12.6. The molecule has 0 atom stereocenters. The van der Waals surface area contributed by atoms with Crippen molar-refractivity contribution in [3.63, 3.8) is 0 Å². The van der Waals surface area contributed by atoms with Crippen molar-refractivity contribution < 1.29 is 14.3 Å².